The summed E-state index contributed by atoms with van der Waals surface area (Å²) >= 11 is 0. The summed E-state index contributed by atoms with van der Waals surface area (Å²) in [6.07, 6.45) is 6.13. The molecule has 4 atom stereocenters. The van der Waals surface area contributed by atoms with E-state index in [-0.39, 0.29) is 41.5 Å². The fraction of sp³-hybridized carbons (Fsp3) is 0.333. The minimum atomic E-state index is -0.537. The number of carbonyl (C=O) groups excluding carboxylic acids is 4. The number of phenolic OH excluding ortho intramolecular Hbond substituents is 1. The lowest BCUT2D eigenvalue weighted by molar-refractivity contribution is -0.138. The molecule has 7 heteroatoms. The van der Waals surface area contributed by atoms with Crippen molar-refractivity contribution < 1.29 is 29.0 Å². The summed E-state index contributed by atoms with van der Waals surface area (Å²) in [5, 5.41) is 9.97. The normalized spacial score (nSPS) is 30.1. The van der Waals surface area contributed by atoms with Gasteiger partial charge in [0.2, 0.25) is 11.8 Å². The number of rotatable bonds is 1. The molecule has 1 aromatic rings. The third-order valence-electron chi connectivity index (χ3n) is 7.93. The smallest absolute Gasteiger partial charge is 0.233 e. The number of benzene rings is 1. The first-order valence-corrected chi connectivity index (χ1v) is 11.5. The Balaban J connectivity index is 1.50. The van der Waals surface area contributed by atoms with E-state index in [0.717, 1.165) is 16.7 Å². The second-order valence-electron chi connectivity index (χ2n) is 9.74. The second-order valence-corrected chi connectivity index (χ2v) is 9.74. The third kappa shape index (κ3) is 2.76. The minimum absolute atomic E-state index is 0.116. The molecule has 0 saturated carbocycles. The van der Waals surface area contributed by atoms with Crippen LogP contribution in [0.25, 0.3) is 0 Å². The van der Waals surface area contributed by atoms with Crippen molar-refractivity contribution in [2.45, 2.75) is 26.2 Å². The van der Waals surface area contributed by atoms with Crippen LogP contribution < -0.4 is 4.74 Å². The Morgan fingerprint density at radius 3 is 2.68 bits per heavy atom. The number of carbonyl (C=O) groups is 4. The third-order valence-corrected chi connectivity index (χ3v) is 7.93. The van der Waals surface area contributed by atoms with Gasteiger partial charge in [-0.3, -0.25) is 24.1 Å². The number of allylic oxidation sites excluding steroid dienone is 7. The van der Waals surface area contributed by atoms with Crippen LogP contribution in [0.5, 0.6) is 11.5 Å². The fourth-order valence-corrected chi connectivity index (χ4v) is 6.35. The largest absolute Gasteiger partial charge is 0.508 e. The highest BCUT2D eigenvalue weighted by Gasteiger charge is 2.55. The summed E-state index contributed by atoms with van der Waals surface area (Å²) in [6, 6.07) is 4.88. The lowest BCUT2D eigenvalue weighted by Crippen LogP contribution is -2.41. The van der Waals surface area contributed by atoms with Gasteiger partial charge in [0.1, 0.15) is 11.5 Å². The number of imide groups is 1. The highest BCUT2D eigenvalue weighted by molar-refractivity contribution is 6.23. The monoisotopic (exact) mass is 457 g/mol. The van der Waals surface area contributed by atoms with Crippen LogP contribution in [0.2, 0.25) is 0 Å². The molecule has 0 radical (unpaired) electrons. The van der Waals surface area contributed by atoms with E-state index >= 15 is 0 Å². The predicted octanol–water partition coefficient (Wildman–Crippen LogP) is 2.80. The Morgan fingerprint density at radius 2 is 1.88 bits per heavy atom. The number of nitrogens with zero attached hydrogens (tertiary/aromatic N) is 1. The van der Waals surface area contributed by atoms with Crippen LogP contribution in [-0.4, -0.2) is 40.4 Å². The van der Waals surface area contributed by atoms with Gasteiger partial charge in [-0.15, -0.1) is 0 Å². The average molecular weight is 457 g/mol. The van der Waals surface area contributed by atoms with Crippen LogP contribution in [0.4, 0.5) is 0 Å². The zero-order valence-corrected chi connectivity index (χ0v) is 18.8. The van der Waals surface area contributed by atoms with Gasteiger partial charge in [-0.25, -0.2) is 0 Å². The fourth-order valence-electron chi connectivity index (χ4n) is 6.35. The second kappa shape index (κ2) is 7.13. The van der Waals surface area contributed by atoms with Gasteiger partial charge in [0.05, 0.1) is 18.1 Å². The SMILES string of the molecule is CC1=CC(=O)C2=C(CC3C(=CCC4C(=O)N(C)C(=O)C43)C2C2=COc3ccc(O)cc3C2)C1=O. The number of phenols is 1. The van der Waals surface area contributed by atoms with E-state index in [1.54, 1.807) is 31.4 Å². The van der Waals surface area contributed by atoms with Crippen molar-refractivity contribution in [3.8, 4) is 11.5 Å². The van der Waals surface area contributed by atoms with E-state index < -0.39 is 17.8 Å². The first kappa shape index (κ1) is 20.8. The van der Waals surface area contributed by atoms with Crippen LogP contribution in [0.15, 0.2) is 64.5 Å². The van der Waals surface area contributed by atoms with E-state index in [9.17, 15) is 24.3 Å². The van der Waals surface area contributed by atoms with Crippen LogP contribution in [0.3, 0.4) is 0 Å². The molecule has 5 aliphatic rings. The molecule has 7 nitrogen and oxygen atoms in total. The van der Waals surface area contributed by atoms with Crippen LogP contribution in [0, 0.1) is 23.7 Å². The van der Waals surface area contributed by atoms with Crippen LogP contribution >= 0.6 is 0 Å². The summed E-state index contributed by atoms with van der Waals surface area (Å²) in [7, 11) is 1.51. The zero-order chi connectivity index (χ0) is 23.9. The highest BCUT2D eigenvalue weighted by atomic mass is 16.5. The molecule has 2 amide bonds. The number of ketones is 2. The summed E-state index contributed by atoms with van der Waals surface area (Å²) < 4.78 is 5.86. The molecule has 1 fully saturated rings. The van der Waals surface area contributed by atoms with Gasteiger partial charge in [-0.05, 0) is 55.5 Å². The molecule has 0 bridgehead atoms. The van der Waals surface area contributed by atoms with Crippen molar-refractivity contribution in [3.05, 3.63) is 70.0 Å². The van der Waals surface area contributed by atoms with Gasteiger partial charge in [0.15, 0.2) is 11.6 Å². The van der Waals surface area contributed by atoms with E-state index in [2.05, 4.69) is 0 Å². The van der Waals surface area contributed by atoms with Gasteiger partial charge in [0.25, 0.3) is 0 Å². The maximum atomic E-state index is 13.3. The van der Waals surface area contributed by atoms with Gasteiger partial charge in [-0.2, -0.15) is 0 Å². The summed E-state index contributed by atoms with van der Waals surface area (Å²) in [4.78, 5) is 53.5. The number of amides is 2. The zero-order valence-electron chi connectivity index (χ0n) is 18.8. The lowest BCUT2D eigenvalue weighted by atomic mass is 9.58. The number of Topliss-reactive ketones (excluding diaryl/α,β-unsaturated/α-hetero) is 1. The van der Waals surface area contributed by atoms with Crippen LogP contribution in [-0.2, 0) is 25.6 Å². The molecule has 1 N–H and O–H groups in total. The molecule has 0 aromatic heterocycles. The minimum Gasteiger partial charge on any atom is -0.508 e. The first-order valence-electron chi connectivity index (χ1n) is 11.5. The van der Waals surface area contributed by atoms with Crippen molar-refractivity contribution in [2.24, 2.45) is 23.7 Å². The molecule has 1 saturated heterocycles. The number of fused-ring (bicyclic) bond motifs is 4. The van der Waals surface area contributed by atoms with Crippen molar-refractivity contribution >= 4 is 23.4 Å². The van der Waals surface area contributed by atoms with Crippen molar-refractivity contribution in [1.29, 1.82) is 0 Å². The molecule has 2 heterocycles. The molecular formula is C27H23NO6. The molecule has 172 valence electrons. The molecule has 34 heavy (non-hydrogen) atoms. The quantitative estimate of drug-likeness (QED) is 0.395. The highest BCUT2D eigenvalue weighted by Crippen LogP contribution is 2.54. The van der Waals surface area contributed by atoms with E-state index in [4.69, 9.17) is 4.74 Å². The van der Waals surface area contributed by atoms with Crippen molar-refractivity contribution in [3.63, 3.8) is 0 Å². The number of ether oxygens (including phenoxy) is 1. The number of likely N-dealkylation sites (tertiary alicyclic amines) is 1. The molecule has 6 rings (SSSR count). The number of hydrogen-bond acceptors (Lipinski definition) is 6. The van der Waals surface area contributed by atoms with Gasteiger partial charge >= 0.3 is 0 Å². The summed E-state index contributed by atoms with van der Waals surface area (Å²) in [5.41, 5.74) is 3.75. The topological polar surface area (TPSA) is 101 Å². The summed E-state index contributed by atoms with van der Waals surface area (Å²) in [6.45, 7) is 1.63. The van der Waals surface area contributed by atoms with E-state index in [1.165, 1.54) is 18.0 Å². The molecular weight excluding hydrogens is 434 g/mol. The standard InChI is InChI=1S/C27H23NO6/c1-12-7-20(30)24-19(25(12)31)10-18-16(4-5-17-23(18)27(33)28(2)26(17)32)22(24)14-8-13-9-15(29)3-6-21(13)34-11-14/h3-4,6-7,9,11,17-18,22-23,29H,5,8,10H2,1-2H3. The predicted molar refractivity (Wildman–Crippen MR) is 120 cm³/mol. The molecule has 2 aliphatic heterocycles. The number of hydrogen-bond donors (Lipinski definition) is 1. The average Bonchev–Trinajstić information content (AvgIpc) is 3.04. The van der Waals surface area contributed by atoms with Crippen molar-refractivity contribution in [1.82, 2.24) is 4.90 Å². The van der Waals surface area contributed by atoms with E-state index in [0.29, 0.717) is 35.3 Å². The maximum Gasteiger partial charge on any atom is 0.233 e. The Hall–Kier alpha value is -3.74. The molecule has 1 aromatic carbocycles. The Morgan fingerprint density at radius 1 is 1.09 bits per heavy atom. The Bertz CT molecular complexity index is 1340. The van der Waals surface area contributed by atoms with Crippen LogP contribution in [0.1, 0.15) is 25.3 Å². The van der Waals surface area contributed by atoms with Gasteiger partial charge in [0, 0.05) is 41.7 Å². The Labute approximate surface area is 196 Å². The number of aromatic hydroxyl groups is 1. The molecule has 0 spiro atoms. The Kier molecular flexibility index (Phi) is 4.37. The molecule has 4 unspecified atom stereocenters. The summed E-state index contributed by atoms with van der Waals surface area (Å²) in [5.74, 6) is -1.87. The first-order chi connectivity index (χ1) is 16.3. The van der Waals surface area contributed by atoms with Gasteiger partial charge in [-0.1, -0.05) is 11.6 Å². The van der Waals surface area contributed by atoms with Crippen molar-refractivity contribution in [2.75, 3.05) is 7.05 Å². The molecule has 3 aliphatic carbocycles. The maximum absolute atomic E-state index is 13.3. The van der Waals surface area contributed by atoms with Gasteiger partial charge < -0.3 is 9.84 Å². The van der Waals surface area contributed by atoms with E-state index in [1.807, 2.05) is 6.08 Å². The lowest BCUT2D eigenvalue weighted by Gasteiger charge is -2.43.